The molecule has 0 aromatic heterocycles. The van der Waals surface area contributed by atoms with Crippen LogP contribution >= 0.6 is 24.0 Å². The van der Waals surface area contributed by atoms with Gasteiger partial charge in [-0.2, -0.15) is 0 Å². The zero-order chi connectivity index (χ0) is 17.0. The molecule has 0 radical (unpaired) electrons. The standard InChI is InChI=1S/C15H23ClN2O3S.ClH/c1-15(2,11-5-4-6-12(16)9-11)10-18-14(19)13(17)7-8-22(3,20)21;/h4-6,9,13H,7-8,10,17H2,1-3H3,(H,18,19);1H. The lowest BCUT2D eigenvalue weighted by molar-refractivity contribution is -0.122. The van der Waals surface area contributed by atoms with E-state index in [0.717, 1.165) is 11.8 Å². The van der Waals surface area contributed by atoms with E-state index >= 15 is 0 Å². The average molecular weight is 383 g/mol. The minimum absolute atomic E-state index is 0. The molecule has 1 amide bonds. The highest BCUT2D eigenvalue weighted by Crippen LogP contribution is 2.24. The van der Waals surface area contributed by atoms with E-state index < -0.39 is 15.9 Å². The van der Waals surface area contributed by atoms with Gasteiger partial charge in [-0.1, -0.05) is 37.6 Å². The van der Waals surface area contributed by atoms with E-state index in [-0.39, 0.29) is 35.9 Å². The van der Waals surface area contributed by atoms with Crippen molar-refractivity contribution >= 4 is 39.8 Å². The first-order valence-electron chi connectivity index (χ1n) is 6.98. The number of halogens is 2. The van der Waals surface area contributed by atoms with Gasteiger partial charge in [0.2, 0.25) is 5.91 Å². The molecular formula is C15H24Cl2N2O3S. The van der Waals surface area contributed by atoms with Crippen LogP contribution in [0.2, 0.25) is 5.02 Å². The third kappa shape index (κ3) is 8.01. The fraction of sp³-hybridized carbons (Fsp3) is 0.533. The molecule has 23 heavy (non-hydrogen) atoms. The first kappa shape index (κ1) is 22.2. The Morgan fingerprint density at radius 2 is 2.00 bits per heavy atom. The fourth-order valence-electron chi connectivity index (χ4n) is 1.92. The Morgan fingerprint density at radius 3 is 2.52 bits per heavy atom. The highest BCUT2D eigenvalue weighted by Gasteiger charge is 2.23. The van der Waals surface area contributed by atoms with Crippen LogP contribution in [0.3, 0.4) is 0 Å². The van der Waals surface area contributed by atoms with Crippen LogP contribution in [-0.4, -0.2) is 38.9 Å². The van der Waals surface area contributed by atoms with Crippen LogP contribution in [0, 0.1) is 0 Å². The van der Waals surface area contributed by atoms with Gasteiger partial charge in [0.05, 0.1) is 11.8 Å². The van der Waals surface area contributed by atoms with Gasteiger partial charge in [-0.15, -0.1) is 12.4 Å². The Kier molecular flexibility index (Phi) is 8.56. The molecule has 0 fully saturated rings. The summed E-state index contributed by atoms with van der Waals surface area (Å²) in [5.74, 6) is -0.446. The highest BCUT2D eigenvalue weighted by atomic mass is 35.5. The molecule has 0 heterocycles. The molecule has 0 aliphatic rings. The van der Waals surface area contributed by atoms with Crippen molar-refractivity contribution in [3.05, 3.63) is 34.9 Å². The second-order valence-corrected chi connectivity index (χ2v) is 8.83. The molecule has 0 spiro atoms. The predicted molar refractivity (Wildman–Crippen MR) is 97.0 cm³/mol. The number of hydrogen-bond donors (Lipinski definition) is 2. The number of nitrogens with two attached hydrogens (primary N) is 1. The van der Waals surface area contributed by atoms with E-state index in [1.54, 1.807) is 6.07 Å². The average Bonchev–Trinajstić information content (AvgIpc) is 2.41. The summed E-state index contributed by atoms with van der Waals surface area (Å²) >= 11 is 5.98. The van der Waals surface area contributed by atoms with Gasteiger partial charge in [0.1, 0.15) is 9.84 Å². The summed E-state index contributed by atoms with van der Waals surface area (Å²) in [4.78, 5) is 11.9. The van der Waals surface area contributed by atoms with Crippen LogP contribution in [0.5, 0.6) is 0 Å². The zero-order valence-electron chi connectivity index (χ0n) is 13.5. The molecule has 8 heteroatoms. The quantitative estimate of drug-likeness (QED) is 0.753. The molecule has 5 nitrogen and oxygen atoms in total. The summed E-state index contributed by atoms with van der Waals surface area (Å²) in [6.45, 7) is 4.36. The van der Waals surface area contributed by atoms with E-state index in [1.165, 1.54) is 0 Å². The van der Waals surface area contributed by atoms with Crippen LogP contribution in [0.15, 0.2) is 24.3 Å². The van der Waals surface area contributed by atoms with Gasteiger partial charge in [-0.25, -0.2) is 8.42 Å². The fourth-order valence-corrected chi connectivity index (χ4v) is 2.80. The Labute approximate surface area is 149 Å². The van der Waals surface area contributed by atoms with Gasteiger partial charge in [0, 0.05) is 23.2 Å². The summed E-state index contributed by atoms with van der Waals surface area (Å²) in [6, 6.07) is 6.63. The van der Waals surface area contributed by atoms with Crippen molar-refractivity contribution in [2.45, 2.75) is 31.7 Å². The maximum Gasteiger partial charge on any atom is 0.236 e. The SMILES string of the molecule is CC(C)(CNC(=O)C(N)CCS(C)(=O)=O)c1cccc(Cl)c1.Cl. The maximum atomic E-state index is 11.9. The monoisotopic (exact) mass is 382 g/mol. The van der Waals surface area contributed by atoms with Crippen LogP contribution in [-0.2, 0) is 20.0 Å². The molecule has 0 bridgehead atoms. The van der Waals surface area contributed by atoms with Crippen molar-refractivity contribution in [3.63, 3.8) is 0 Å². The van der Waals surface area contributed by atoms with Crippen molar-refractivity contribution in [2.24, 2.45) is 5.73 Å². The number of rotatable bonds is 7. The van der Waals surface area contributed by atoms with Gasteiger partial charge in [-0.3, -0.25) is 4.79 Å². The molecule has 132 valence electrons. The lowest BCUT2D eigenvalue weighted by atomic mass is 9.84. The van der Waals surface area contributed by atoms with E-state index in [2.05, 4.69) is 5.32 Å². The smallest absolute Gasteiger partial charge is 0.236 e. The van der Waals surface area contributed by atoms with Crippen LogP contribution in [0.1, 0.15) is 25.8 Å². The minimum Gasteiger partial charge on any atom is -0.354 e. The van der Waals surface area contributed by atoms with Gasteiger partial charge in [0.25, 0.3) is 0 Å². The highest BCUT2D eigenvalue weighted by molar-refractivity contribution is 7.90. The molecule has 1 atom stereocenters. The number of sulfone groups is 1. The van der Waals surface area contributed by atoms with Gasteiger partial charge in [0.15, 0.2) is 0 Å². The second-order valence-electron chi connectivity index (χ2n) is 6.14. The Hall–Kier alpha value is -0.820. The molecule has 0 saturated heterocycles. The summed E-state index contributed by atoms with van der Waals surface area (Å²) in [7, 11) is -3.12. The summed E-state index contributed by atoms with van der Waals surface area (Å²) in [6.07, 6.45) is 1.24. The van der Waals surface area contributed by atoms with Crippen molar-refractivity contribution in [1.29, 1.82) is 0 Å². The van der Waals surface area contributed by atoms with E-state index in [4.69, 9.17) is 17.3 Å². The molecular weight excluding hydrogens is 359 g/mol. The molecule has 1 rings (SSSR count). The molecule has 1 aromatic rings. The molecule has 1 aromatic carbocycles. The number of nitrogens with one attached hydrogen (secondary N) is 1. The third-order valence-corrected chi connectivity index (χ3v) is 4.66. The van der Waals surface area contributed by atoms with Crippen LogP contribution in [0.25, 0.3) is 0 Å². The first-order valence-corrected chi connectivity index (χ1v) is 9.42. The van der Waals surface area contributed by atoms with Gasteiger partial charge in [-0.05, 0) is 24.1 Å². The summed E-state index contributed by atoms with van der Waals surface area (Å²) in [5.41, 5.74) is 6.42. The number of hydrogen-bond acceptors (Lipinski definition) is 4. The maximum absolute atomic E-state index is 11.9. The number of carbonyl (C=O) groups excluding carboxylic acids is 1. The van der Waals surface area contributed by atoms with Crippen molar-refractivity contribution in [2.75, 3.05) is 18.6 Å². The lowest BCUT2D eigenvalue weighted by Crippen LogP contribution is -2.45. The Morgan fingerprint density at radius 1 is 1.39 bits per heavy atom. The summed E-state index contributed by atoms with van der Waals surface area (Å²) in [5, 5.41) is 3.42. The molecule has 0 saturated carbocycles. The lowest BCUT2D eigenvalue weighted by Gasteiger charge is -2.26. The van der Waals surface area contributed by atoms with Gasteiger partial charge < -0.3 is 11.1 Å². The normalized spacial score (nSPS) is 13.1. The van der Waals surface area contributed by atoms with Crippen molar-refractivity contribution in [3.8, 4) is 0 Å². The summed E-state index contributed by atoms with van der Waals surface area (Å²) < 4.78 is 22.2. The predicted octanol–water partition coefficient (Wildman–Crippen LogP) is 1.92. The van der Waals surface area contributed by atoms with Crippen LogP contribution < -0.4 is 11.1 Å². The van der Waals surface area contributed by atoms with Crippen molar-refractivity contribution < 1.29 is 13.2 Å². The van der Waals surface area contributed by atoms with Gasteiger partial charge >= 0.3 is 0 Å². The minimum atomic E-state index is -3.12. The molecule has 0 aliphatic carbocycles. The molecule has 3 N–H and O–H groups in total. The largest absolute Gasteiger partial charge is 0.354 e. The number of amides is 1. The Balaban J connectivity index is 0.00000484. The van der Waals surface area contributed by atoms with Crippen molar-refractivity contribution in [1.82, 2.24) is 5.32 Å². The topological polar surface area (TPSA) is 89.3 Å². The van der Waals surface area contributed by atoms with Crippen LogP contribution in [0.4, 0.5) is 0 Å². The number of benzene rings is 1. The van der Waals surface area contributed by atoms with E-state index in [0.29, 0.717) is 11.6 Å². The van der Waals surface area contributed by atoms with E-state index in [9.17, 15) is 13.2 Å². The first-order chi connectivity index (χ1) is 10.0. The molecule has 0 aliphatic heterocycles. The third-order valence-electron chi connectivity index (χ3n) is 3.45. The number of carbonyl (C=O) groups is 1. The zero-order valence-corrected chi connectivity index (χ0v) is 15.9. The Bertz CT molecular complexity index is 633. The van der Waals surface area contributed by atoms with E-state index in [1.807, 2.05) is 32.0 Å². The second kappa shape index (κ2) is 8.87. The molecule has 1 unspecified atom stereocenters.